The van der Waals surface area contributed by atoms with Gasteiger partial charge in [-0.05, 0) is 18.2 Å². The standard InChI is InChI=1S/C13H8Cl2F3N3O2/c1-23-11(22)9-5-19-12(21-10(9)13(16,17)18)20-8-3-6(14)2-7(15)4-8/h2-5H,1H3,(H,19,20,21). The minimum absolute atomic E-state index is 0.280. The van der Waals surface area contributed by atoms with Crippen LogP contribution in [0, 0.1) is 0 Å². The fourth-order valence-electron chi connectivity index (χ4n) is 1.67. The SMILES string of the molecule is COC(=O)c1cnc(Nc2cc(Cl)cc(Cl)c2)nc1C(F)(F)F. The number of nitrogens with one attached hydrogen (secondary N) is 1. The van der Waals surface area contributed by atoms with Crippen LogP contribution in [0.5, 0.6) is 0 Å². The zero-order chi connectivity index (χ0) is 17.2. The average Bonchev–Trinajstić information content (AvgIpc) is 2.44. The first kappa shape index (κ1) is 17.3. The summed E-state index contributed by atoms with van der Waals surface area (Å²) in [5.74, 6) is -1.56. The highest BCUT2D eigenvalue weighted by Gasteiger charge is 2.38. The minimum Gasteiger partial charge on any atom is -0.465 e. The van der Waals surface area contributed by atoms with E-state index in [0.29, 0.717) is 5.69 Å². The van der Waals surface area contributed by atoms with Crippen LogP contribution in [0.4, 0.5) is 24.8 Å². The fraction of sp³-hybridized carbons (Fsp3) is 0.154. The van der Waals surface area contributed by atoms with E-state index in [9.17, 15) is 18.0 Å². The number of alkyl halides is 3. The van der Waals surface area contributed by atoms with E-state index in [1.54, 1.807) is 0 Å². The molecule has 5 nitrogen and oxygen atoms in total. The lowest BCUT2D eigenvalue weighted by atomic mass is 10.2. The number of hydrogen-bond acceptors (Lipinski definition) is 5. The molecule has 0 unspecified atom stereocenters. The maximum Gasteiger partial charge on any atom is 0.434 e. The molecule has 1 aromatic carbocycles. The van der Waals surface area contributed by atoms with Gasteiger partial charge in [0.25, 0.3) is 0 Å². The van der Waals surface area contributed by atoms with Gasteiger partial charge in [-0.15, -0.1) is 0 Å². The maximum absolute atomic E-state index is 13.0. The third-order valence-corrected chi connectivity index (χ3v) is 3.02. The molecule has 0 spiro atoms. The Bertz CT molecular complexity index is 733. The molecule has 0 radical (unpaired) electrons. The van der Waals surface area contributed by atoms with Gasteiger partial charge in [-0.2, -0.15) is 13.2 Å². The number of anilines is 2. The van der Waals surface area contributed by atoms with Gasteiger partial charge in [0, 0.05) is 21.9 Å². The Morgan fingerprint density at radius 1 is 1.22 bits per heavy atom. The third kappa shape index (κ3) is 4.23. The van der Waals surface area contributed by atoms with E-state index in [-0.39, 0.29) is 16.0 Å². The number of halogens is 5. The Morgan fingerprint density at radius 2 is 1.83 bits per heavy atom. The van der Waals surface area contributed by atoms with Gasteiger partial charge in [0.1, 0.15) is 5.56 Å². The quantitative estimate of drug-likeness (QED) is 0.820. The number of ether oxygens (including phenoxy) is 1. The van der Waals surface area contributed by atoms with Crippen molar-refractivity contribution in [1.82, 2.24) is 9.97 Å². The molecule has 2 aromatic rings. The molecule has 1 heterocycles. The van der Waals surface area contributed by atoms with Gasteiger partial charge < -0.3 is 10.1 Å². The van der Waals surface area contributed by atoms with Crippen LogP contribution in [-0.4, -0.2) is 23.0 Å². The Labute approximate surface area is 138 Å². The molecule has 1 N–H and O–H groups in total. The Hall–Kier alpha value is -2.06. The first-order chi connectivity index (χ1) is 10.7. The van der Waals surface area contributed by atoms with Crippen molar-refractivity contribution >= 4 is 40.8 Å². The van der Waals surface area contributed by atoms with Crippen LogP contribution in [0.25, 0.3) is 0 Å². The van der Waals surface area contributed by atoms with Gasteiger partial charge in [-0.3, -0.25) is 0 Å². The summed E-state index contributed by atoms with van der Waals surface area (Å²) in [7, 11) is 0.961. The average molecular weight is 366 g/mol. The number of esters is 1. The van der Waals surface area contributed by atoms with Crippen LogP contribution < -0.4 is 5.32 Å². The molecule has 0 bridgehead atoms. The molecule has 0 saturated carbocycles. The molecular weight excluding hydrogens is 358 g/mol. The van der Waals surface area contributed by atoms with E-state index in [1.165, 1.54) is 18.2 Å². The Kier molecular flexibility index (Phi) is 4.96. The summed E-state index contributed by atoms with van der Waals surface area (Å²) in [5, 5.41) is 3.10. The molecule has 10 heteroatoms. The number of aromatic nitrogens is 2. The summed E-state index contributed by atoms with van der Waals surface area (Å²) in [5.41, 5.74) is -1.90. The first-order valence-electron chi connectivity index (χ1n) is 5.96. The second-order valence-corrected chi connectivity index (χ2v) is 5.10. The van der Waals surface area contributed by atoms with Gasteiger partial charge in [-0.25, -0.2) is 14.8 Å². The van der Waals surface area contributed by atoms with Gasteiger partial charge >= 0.3 is 12.1 Å². The predicted octanol–water partition coefficient (Wildman–Crippen LogP) is 4.33. The number of benzene rings is 1. The van der Waals surface area contributed by atoms with Crippen LogP contribution >= 0.6 is 23.2 Å². The molecule has 122 valence electrons. The van der Waals surface area contributed by atoms with Crippen molar-refractivity contribution in [3.05, 3.63) is 45.7 Å². The predicted molar refractivity (Wildman–Crippen MR) is 78.1 cm³/mol. The monoisotopic (exact) mass is 365 g/mol. The van der Waals surface area contributed by atoms with Crippen molar-refractivity contribution in [3.63, 3.8) is 0 Å². The fourth-order valence-corrected chi connectivity index (χ4v) is 2.20. The van der Waals surface area contributed by atoms with Crippen LogP contribution in [0.1, 0.15) is 16.1 Å². The zero-order valence-corrected chi connectivity index (χ0v) is 12.9. The van der Waals surface area contributed by atoms with E-state index in [1.807, 2.05) is 0 Å². The number of methoxy groups -OCH3 is 1. The zero-order valence-electron chi connectivity index (χ0n) is 11.4. The number of hydrogen-bond donors (Lipinski definition) is 1. The number of nitrogens with zero attached hydrogens (tertiary/aromatic N) is 2. The van der Waals surface area contributed by atoms with Crippen LogP contribution in [0.2, 0.25) is 10.0 Å². The Morgan fingerprint density at radius 3 is 2.35 bits per heavy atom. The van der Waals surface area contributed by atoms with Gasteiger partial charge in [0.15, 0.2) is 5.69 Å². The third-order valence-electron chi connectivity index (χ3n) is 2.58. The smallest absolute Gasteiger partial charge is 0.434 e. The molecule has 0 fully saturated rings. The van der Waals surface area contributed by atoms with Crippen molar-refractivity contribution in [2.45, 2.75) is 6.18 Å². The number of carbonyl (C=O) groups is 1. The van der Waals surface area contributed by atoms with E-state index in [4.69, 9.17) is 23.2 Å². The van der Waals surface area contributed by atoms with Crippen LogP contribution in [-0.2, 0) is 10.9 Å². The van der Waals surface area contributed by atoms with Gasteiger partial charge in [0.05, 0.1) is 7.11 Å². The number of carbonyl (C=O) groups excluding carboxylic acids is 1. The van der Waals surface area contributed by atoms with E-state index in [2.05, 4.69) is 20.0 Å². The van der Waals surface area contributed by atoms with Gasteiger partial charge in [0.2, 0.25) is 5.95 Å². The molecule has 0 aliphatic heterocycles. The molecule has 0 aliphatic rings. The maximum atomic E-state index is 13.0. The first-order valence-corrected chi connectivity index (χ1v) is 6.72. The topological polar surface area (TPSA) is 64.1 Å². The molecule has 2 rings (SSSR count). The summed E-state index contributed by atoms with van der Waals surface area (Å²) in [4.78, 5) is 18.4. The summed E-state index contributed by atoms with van der Waals surface area (Å²) in [6.07, 6.45) is -4.12. The molecule has 0 amide bonds. The highest BCUT2D eigenvalue weighted by atomic mass is 35.5. The molecule has 1 aromatic heterocycles. The highest BCUT2D eigenvalue weighted by molar-refractivity contribution is 6.35. The van der Waals surface area contributed by atoms with Crippen molar-refractivity contribution in [2.75, 3.05) is 12.4 Å². The molecule has 0 atom stereocenters. The van der Waals surface area contributed by atoms with Crippen LogP contribution in [0.3, 0.4) is 0 Å². The normalized spacial score (nSPS) is 11.2. The van der Waals surface area contributed by atoms with Crippen molar-refractivity contribution in [2.24, 2.45) is 0 Å². The van der Waals surface area contributed by atoms with E-state index in [0.717, 1.165) is 13.3 Å². The minimum atomic E-state index is -4.85. The van der Waals surface area contributed by atoms with Crippen molar-refractivity contribution in [1.29, 1.82) is 0 Å². The Balaban J connectivity index is 2.43. The summed E-state index contributed by atoms with van der Waals surface area (Å²) in [6, 6.07) is 4.31. The summed E-state index contributed by atoms with van der Waals surface area (Å²) >= 11 is 11.6. The lowest BCUT2D eigenvalue weighted by Gasteiger charge is -2.12. The molecule has 23 heavy (non-hydrogen) atoms. The van der Waals surface area contributed by atoms with E-state index < -0.39 is 23.4 Å². The second-order valence-electron chi connectivity index (χ2n) is 4.23. The van der Waals surface area contributed by atoms with Crippen LogP contribution in [0.15, 0.2) is 24.4 Å². The van der Waals surface area contributed by atoms with Crippen molar-refractivity contribution in [3.8, 4) is 0 Å². The lowest BCUT2D eigenvalue weighted by Crippen LogP contribution is -2.18. The molecule has 0 aliphatic carbocycles. The summed E-state index contributed by atoms with van der Waals surface area (Å²) < 4.78 is 43.4. The highest BCUT2D eigenvalue weighted by Crippen LogP contribution is 2.32. The molecule has 0 saturated heterocycles. The van der Waals surface area contributed by atoms with Crippen molar-refractivity contribution < 1.29 is 22.7 Å². The summed E-state index contributed by atoms with van der Waals surface area (Å²) in [6.45, 7) is 0. The lowest BCUT2D eigenvalue weighted by molar-refractivity contribution is -0.141. The second kappa shape index (κ2) is 6.59. The van der Waals surface area contributed by atoms with Gasteiger partial charge in [-0.1, -0.05) is 23.2 Å². The van der Waals surface area contributed by atoms with E-state index >= 15 is 0 Å². The largest absolute Gasteiger partial charge is 0.465 e. The number of rotatable bonds is 3. The molecular formula is C13H8Cl2F3N3O2.